The molecule has 1 aromatic rings. The Bertz CT molecular complexity index is 318. The topological polar surface area (TPSA) is 75.7 Å². The number of rotatable bonds is 3. The zero-order chi connectivity index (χ0) is 10.7. The summed E-state index contributed by atoms with van der Waals surface area (Å²) in [5, 5.41) is 18.9. The quantitative estimate of drug-likeness (QED) is 0.734. The maximum atomic E-state index is 9.57. The highest BCUT2D eigenvalue weighted by molar-refractivity contribution is 5.85. The number of ether oxygens (including phenoxy) is 1. The van der Waals surface area contributed by atoms with Gasteiger partial charge in [0.25, 0.3) is 0 Å². The van der Waals surface area contributed by atoms with Crippen LogP contribution in [0.1, 0.15) is 18.5 Å². The van der Waals surface area contributed by atoms with E-state index in [9.17, 15) is 10.2 Å². The van der Waals surface area contributed by atoms with Gasteiger partial charge in [-0.3, -0.25) is 0 Å². The number of halogens is 1. The van der Waals surface area contributed by atoms with Crippen LogP contribution < -0.4 is 10.5 Å². The van der Waals surface area contributed by atoms with E-state index < -0.39 is 12.1 Å². The lowest BCUT2D eigenvalue weighted by atomic mass is 10.0. The van der Waals surface area contributed by atoms with Gasteiger partial charge in [-0.1, -0.05) is 6.07 Å². The predicted octanol–water partition coefficient (Wildman–Crippen LogP) is 1.20. The molecule has 0 aliphatic carbocycles. The molecule has 0 bridgehead atoms. The number of phenolic OH excluding ortho intramolecular Hbond substituents is 1. The molecule has 2 atom stereocenters. The molecule has 4 nitrogen and oxygen atoms in total. The minimum absolute atomic E-state index is 0. The van der Waals surface area contributed by atoms with E-state index in [4.69, 9.17) is 10.5 Å². The molecule has 5 heteroatoms. The highest BCUT2D eigenvalue weighted by atomic mass is 35.5. The van der Waals surface area contributed by atoms with Gasteiger partial charge >= 0.3 is 0 Å². The molecule has 0 saturated heterocycles. The highest BCUT2D eigenvalue weighted by Crippen LogP contribution is 2.33. The summed E-state index contributed by atoms with van der Waals surface area (Å²) in [5.41, 5.74) is 6.16. The summed E-state index contributed by atoms with van der Waals surface area (Å²) in [6.07, 6.45) is -0.739. The number of benzene rings is 1. The molecule has 15 heavy (non-hydrogen) atoms. The van der Waals surface area contributed by atoms with Gasteiger partial charge in [0.1, 0.15) is 11.5 Å². The fourth-order valence-electron chi connectivity index (χ4n) is 1.29. The Morgan fingerprint density at radius 3 is 2.47 bits per heavy atom. The number of nitrogens with two attached hydrogens (primary N) is 1. The number of aliphatic hydroxyl groups is 1. The third-order valence-corrected chi connectivity index (χ3v) is 2.12. The summed E-state index contributed by atoms with van der Waals surface area (Å²) in [5.74, 6) is 0.524. The van der Waals surface area contributed by atoms with E-state index in [1.807, 2.05) is 0 Å². The van der Waals surface area contributed by atoms with E-state index in [0.717, 1.165) is 0 Å². The van der Waals surface area contributed by atoms with E-state index >= 15 is 0 Å². The predicted molar refractivity (Wildman–Crippen MR) is 60.5 cm³/mol. The van der Waals surface area contributed by atoms with Crippen LogP contribution in [0.25, 0.3) is 0 Å². The van der Waals surface area contributed by atoms with Gasteiger partial charge in [-0.05, 0) is 19.1 Å². The van der Waals surface area contributed by atoms with Gasteiger partial charge in [0, 0.05) is 0 Å². The van der Waals surface area contributed by atoms with Crippen molar-refractivity contribution in [2.24, 2.45) is 5.73 Å². The summed E-state index contributed by atoms with van der Waals surface area (Å²) in [4.78, 5) is 0. The zero-order valence-electron chi connectivity index (χ0n) is 8.68. The minimum Gasteiger partial charge on any atom is -0.507 e. The lowest BCUT2D eigenvalue weighted by Gasteiger charge is -2.19. The first-order valence-electron chi connectivity index (χ1n) is 4.37. The van der Waals surface area contributed by atoms with Crippen molar-refractivity contribution in [2.75, 3.05) is 7.11 Å². The summed E-state index contributed by atoms with van der Waals surface area (Å²) in [6, 6.07) is 4.22. The van der Waals surface area contributed by atoms with Crippen molar-refractivity contribution in [3.05, 3.63) is 23.8 Å². The fourth-order valence-corrected chi connectivity index (χ4v) is 1.29. The van der Waals surface area contributed by atoms with Crippen molar-refractivity contribution in [1.82, 2.24) is 0 Å². The van der Waals surface area contributed by atoms with Gasteiger partial charge in [-0.15, -0.1) is 12.4 Å². The van der Waals surface area contributed by atoms with Crippen LogP contribution in [0.3, 0.4) is 0 Å². The van der Waals surface area contributed by atoms with E-state index in [2.05, 4.69) is 0 Å². The average molecular weight is 234 g/mol. The standard InChI is InChI=1S/C10H15NO3.ClH/c1-6(12)10(11)9-7(13)4-3-5-8(9)14-2;/h3-6,10,12-13H,11H2,1-2H3;1H/t6-,10-;/m0./s1. The first kappa shape index (κ1) is 14.0. The van der Waals surface area contributed by atoms with E-state index in [1.54, 1.807) is 19.1 Å². The van der Waals surface area contributed by atoms with Crippen molar-refractivity contribution >= 4 is 12.4 Å². The molecular formula is C10H16ClNO3. The first-order chi connectivity index (χ1) is 6.57. The first-order valence-corrected chi connectivity index (χ1v) is 4.37. The molecule has 0 spiro atoms. The van der Waals surface area contributed by atoms with E-state index in [0.29, 0.717) is 11.3 Å². The second-order valence-corrected chi connectivity index (χ2v) is 3.16. The Morgan fingerprint density at radius 1 is 1.40 bits per heavy atom. The molecule has 0 aliphatic rings. The lowest BCUT2D eigenvalue weighted by Crippen LogP contribution is -2.23. The van der Waals surface area contributed by atoms with Gasteiger partial charge in [0.05, 0.1) is 24.8 Å². The Kier molecular flexibility index (Phi) is 5.43. The smallest absolute Gasteiger partial charge is 0.127 e. The Hall–Kier alpha value is -0.970. The van der Waals surface area contributed by atoms with Crippen LogP contribution in [-0.4, -0.2) is 23.4 Å². The van der Waals surface area contributed by atoms with Crippen molar-refractivity contribution in [3.8, 4) is 11.5 Å². The van der Waals surface area contributed by atoms with Crippen molar-refractivity contribution < 1.29 is 14.9 Å². The number of aromatic hydroxyl groups is 1. The molecule has 0 amide bonds. The van der Waals surface area contributed by atoms with Gasteiger partial charge in [0.15, 0.2) is 0 Å². The molecule has 0 unspecified atom stereocenters. The third kappa shape index (κ3) is 2.99. The number of methoxy groups -OCH3 is 1. The van der Waals surface area contributed by atoms with E-state index in [1.165, 1.54) is 13.2 Å². The molecule has 86 valence electrons. The van der Waals surface area contributed by atoms with Crippen LogP contribution >= 0.6 is 12.4 Å². The Labute approximate surface area is 95.1 Å². The molecule has 0 aliphatic heterocycles. The highest BCUT2D eigenvalue weighted by Gasteiger charge is 2.20. The summed E-state index contributed by atoms with van der Waals surface area (Å²) in [7, 11) is 1.49. The number of aliphatic hydroxyl groups excluding tert-OH is 1. The number of phenols is 1. The van der Waals surface area contributed by atoms with Gasteiger partial charge in [-0.2, -0.15) is 0 Å². The number of hydrogen-bond acceptors (Lipinski definition) is 4. The molecule has 0 saturated carbocycles. The normalized spacial score (nSPS) is 13.9. The second-order valence-electron chi connectivity index (χ2n) is 3.16. The molecule has 0 heterocycles. The summed E-state index contributed by atoms with van der Waals surface area (Å²) >= 11 is 0. The maximum Gasteiger partial charge on any atom is 0.127 e. The molecule has 0 aromatic heterocycles. The Morgan fingerprint density at radius 2 is 2.00 bits per heavy atom. The molecule has 1 aromatic carbocycles. The molecule has 4 N–H and O–H groups in total. The van der Waals surface area contributed by atoms with Gasteiger partial charge in [0.2, 0.25) is 0 Å². The van der Waals surface area contributed by atoms with Crippen LogP contribution in [0.15, 0.2) is 18.2 Å². The van der Waals surface area contributed by atoms with Crippen LogP contribution in [0.2, 0.25) is 0 Å². The van der Waals surface area contributed by atoms with Crippen LogP contribution in [0.5, 0.6) is 11.5 Å². The van der Waals surface area contributed by atoms with Crippen LogP contribution in [0, 0.1) is 0 Å². The van der Waals surface area contributed by atoms with E-state index in [-0.39, 0.29) is 18.2 Å². The van der Waals surface area contributed by atoms with Gasteiger partial charge in [-0.25, -0.2) is 0 Å². The van der Waals surface area contributed by atoms with Crippen molar-refractivity contribution in [2.45, 2.75) is 19.1 Å². The van der Waals surface area contributed by atoms with Crippen LogP contribution in [-0.2, 0) is 0 Å². The van der Waals surface area contributed by atoms with Crippen LogP contribution in [0.4, 0.5) is 0 Å². The largest absolute Gasteiger partial charge is 0.507 e. The molecule has 0 radical (unpaired) electrons. The van der Waals surface area contributed by atoms with Crippen molar-refractivity contribution in [1.29, 1.82) is 0 Å². The average Bonchev–Trinajstić information content (AvgIpc) is 2.16. The van der Waals surface area contributed by atoms with Gasteiger partial charge < -0.3 is 20.7 Å². The Balaban J connectivity index is 0.00000196. The fraction of sp³-hybridized carbons (Fsp3) is 0.400. The second kappa shape index (κ2) is 5.80. The molecule has 0 fully saturated rings. The lowest BCUT2D eigenvalue weighted by molar-refractivity contribution is 0.161. The van der Waals surface area contributed by atoms with Crippen molar-refractivity contribution in [3.63, 3.8) is 0 Å². The zero-order valence-corrected chi connectivity index (χ0v) is 9.49. The summed E-state index contributed by atoms with van der Waals surface area (Å²) in [6.45, 7) is 1.57. The third-order valence-electron chi connectivity index (χ3n) is 2.12. The molecule has 1 rings (SSSR count). The minimum atomic E-state index is -0.739. The number of hydrogen-bond donors (Lipinski definition) is 3. The monoisotopic (exact) mass is 233 g/mol. The SMILES string of the molecule is COc1cccc(O)c1[C@@H](N)[C@H](C)O.Cl. The summed E-state index contributed by atoms with van der Waals surface area (Å²) < 4.78 is 5.05. The molecular weight excluding hydrogens is 218 g/mol. The maximum absolute atomic E-state index is 9.57.